The molecular formula is C34H37N5O4. The fourth-order valence-corrected chi connectivity index (χ4v) is 6.54. The molecule has 7 rings (SSSR count). The number of nitrogens with zero attached hydrogens (tertiary/aromatic N) is 3. The lowest BCUT2D eigenvalue weighted by Crippen LogP contribution is -2.44. The van der Waals surface area contributed by atoms with Crippen LogP contribution < -0.4 is 10.8 Å². The molecule has 0 unspecified atom stereocenters. The molecule has 3 aromatic carbocycles. The van der Waals surface area contributed by atoms with E-state index in [1.807, 2.05) is 18.2 Å². The summed E-state index contributed by atoms with van der Waals surface area (Å²) in [5, 5.41) is 7.83. The lowest BCUT2D eigenvalue weighted by Gasteiger charge is -2.30. The second-order valence-electron chi connectivity index (χ2n) is 11.7. The molecule has 9 heteroatoms. The van der Waals surface area contributed by atoms with Gasteiger partial charge in [0.05, 0.1) is 12.6 Å². The van der Waals surface area contributed by atoms with E-state index >= 15 is 0 Å². The normalized spacial score (nSPS) is 20.5. The average molecular weight is 580 g/mol. The molecule has 2 fully saturated rings. The Labute approximate surface area is 251 Å². The Morgan fingerprint density at radius 1 is 0.907 bits per heavy atom. The Morgan fingerprint density at radius 3 is 2.30 bits per heavy atom. The first-order valence-electron chi connectivity index (χ1n) is 15.3. The van der Waals surface area contributed by atoms with Gasteiger partial charge in [-0.2, -0.15) is 10.5 Å². The summed E-state index contributed by atoms with van der Waals surface area (Å²) in [5.41, 5.74) is 9.21. The molecule has 2 N–H and O–H groups in total. The van der Waals surface area contributed by atoms with Crippen LogP contribution in [-0.2, 0) is 16.2 Å². The quantitative estimate of drug-likeness (QED) is 0.256. The van der Waals surface area contributed by atoms with Gasteiger partial charge in [-0.15, -0.1) is 0 Å². The number of carbonyl (C=O) groups is 1. The molecule has 3 heterocycles. The minimum absolute atomic E-state index is 0.0607. The van der Waals surface area contributed by atoms with Gasteiger partial charge < -0.3 is 19.5 Å². The van der Waals surface area contributed by atoms with Crippen LogP contribution in [0.1, 0.15) is 72.0 Å². The Bertz CT molecular complexity index is 1480. The largest absolute Gasteiger partial charge is 0.448 e. The number of hydrogen-bond donors (Lipinski definition) is 2. The zero-order valence-corrected chi connectivity index (χ0v) is 24.2. The molecule has 9 nitrogen and oxygen atoms in total. The third kappa shape index (κ3) is 6.06. The number of carbonyl (C=O) groups excluding carboxylic acids is 1. The number of nitrogens with one attached hydrogen (secondary N) is 2. The van der Waals surface area contributed by atoms with Crippen molar-refractivity contribution in [3.63, 3.8) is 0 Å². The number of benzene rings is 3. The predicted octanol–water partition coefficient (Wildman–Crippen LogP) is 5.71. The van der Waals surface area contributed by atoms with Gasteiger partial charge in [0.1, 0.15) is 6.61 Å². The number of fused-ring (bicyclic) bond motifs is 3. The third-order valence-electron chi connectivity index (χ3n) is 8.95. The van der Waals surface area contributed by atoms with Crippen molar-refractivity contribution in [1.29, 1.82) is 0 Å². The van der Waals surface area contributed by atoms with Gasteiger partial charge >= 0.3 is 6.09 Å². The van der Waals surface area contributed by atoms with Gasteiger partial charge in [0.25, 0.3) is 0 Å². The first kappa shape index (κ1) is 27.8. The molecule has 2 atom stereocenters. The summed E-state index contributed by atoms with van der Waals surface area (Å²) >= 11 is 0. The van der Waals surface area contributed by atoms with E-state index in [2.05, 4.69) is 76.6 Å². The Kier molecular flexibility index (Phi) is 8.18. The minimum Gasteiger partial charge on any atom is -0.448 e. The number of ether oxygens (including phenoxy) is 1. The molecule has 0 radical (unpaired) electrons. The van der Waals surface area contributed by atoms with Gasteiger partial charge in [-0.05, 0) is 53.5 Å². The predicted molar refractivity (Wildman–Crippen MR) is 161 cm³/mol. The van der Waals surface area contributed by atoms with Gasteiger partial charge in [-0.3, -0.25) is 4.84 Å². The first-order chi connectivity index (χ1) is 21.2. The average Bonchev–Trinajstić information content (AvgIpc) is 3.68. The minimum atomic E-state index is -0.256. The molecule has 43 heavy (non-hydrogen) atoms. The van der Waals surface area contributed by atoms with Crippen molar-refractivity contribution in [1.82, 2.24) is 25.8 Å². The van der Waals surface area contributed by atoms with Crippen LogP contribution in [0.15, 0.2) is 83.4 Å². The molecule has 0 bridgehead atoms. The monoisotopic (exact) mass is 579 g/mol. The second kappa shape index (κ2) is 12.7. The van der Waals surface area contributed by atoms with E-state index in [0.29, 0.717) is 38.0 Å². The third-order valence-corrected chi connectivity index (χ3v) is 8.95. The molecule has 1 aromatic heterocycles. The van der Waals surface area contributed by atoms with Crippen molar-refractivity contribution in [2.45, 2.75) is 56.2 Å². The zero-order valence-electron chi connectivity index (χ0n) is 24.2. The summed E-state index contributed by atoms with van der Waals surface area (Å²) in [6, 6.07) is 27.2. The molecule has 0 saturated carbocycles. The van der Waals surface area contributed by atoms with Crippen LogP contribution in [0.4, 0.5) is 4.79 Å². The highest BCUT2D eigenvalue weighted by Gasteiger charge is 2.33. The van der Waals surface area contributed by atoms with E-state index < -0.39 is 0 Å². The van der Waals surface area contributed by atoms with E-state index in [9.17, 15) is 4.79 Å². The maximum Gasteiger partial charge on any atom is 0.409 e. The number of likely N-dealkylation sites (tertiary alicyclic amines) is 1. The van der Waals surface area contributed by atoms with Gasteiger partial charge in [0, 0.05) is 37.5 Å². The Hall–Kier alpha value is -4.05. The fourth-order valence-electron chi connectivity index (χ4n) is 6.54. The SMILES string of the molecule is O=C(OCC1c2ccccc2-c2ccccc21)N1CCC(c2nc([C@@H]3CC[C@@H](NOCc4ccccc4)CN3)no2)CC1. The van der Waals surface area contributed by atoms with E-state index in [4.69, 9.17) is 19.1 Å². The van der Waals surface area contributed by atoms with Crippen molar-refractivity contribution < 1.29 is 18.9 Å². The van der Waals surface area contributed by atoms with Gasteiger partial charge in [-0.1, -0.05) is 84.0 Å². The lowest BCUT2D eigenvalue weighted by atomic mass is 9.97. The first-order valence-corrected chi connectivity index (χ1v) is 15.3. The van der Waals surface area contributed by atoms with E-state index in [-0.39, 0.29) is 30.0 Å². The molecule has 3 aliphatic rings. The number of hydroxylamine groups is 1. The maximum atomic E-state index is 13.0. The molecule has 222 valence electrons. The van der Waals surface area contributed by atoms with Crippen molar-refractivity contribution in [3.8, 4) is 11.1 Å². The number of aromatic nitrogens is 2. The smallest absolute Gasteiger partial charge is 0.409 e. The second-order valence-corrected chi connectivity index (χ2v) is 11.7. The highest BCUT2D eigenvalue weighted by Crippen LogP contribution is 2.44. The summed E-state index contributed by atoms with van der Waals surface area (Å²) in [6.45, 7) is 2.86. The molecule has 2 saturated heterocycles. The Balaban J connectivity index is 0.861. The molecule has 1 aliphatic carbocycles. The summed E-state index contributed by atoms with van der Waals surface area (Å²) in [5.74, 6) is 1.57. The number of hydrogen-bond acceptors (Lipinski definition) is 8. The summed E-state index contributed by atoms with van der Waals surface area (Å²) in [7, 11) is 0. The van der Waals surface area contributed by atoms with Crippen LogP contribution in [0.5, 0.6) is 0 Å². The van der Waals surface area contributed by atoms with Gasteiger partial charge in [0.2, 0.25) is 5.89 Å². The zero-order chi connectivity index (χ0) is 29.0. The molecule has 1 amide bonds. The topological polar surface area (TPSA) is 102 Å². The number of amides is 1. The summed E-state index contributed by atoms with van der Waals surface area (Å²) in [6.07, 6.45) is 3.14. The van der Waals surface area contributed by atoms with Crippen LogP contribution in [0.2, 0.25) is 0 Å². The molecule has 4 aromatic rings. The lowest BCUT2D eigenvalue weighted by molar-refractivity contribution is -0.00418. The van der Waals surface area contributed by atoms with Gasteiger partial charge in [-0.25, -0.2) is 4.79 Å². The molecule has 0 spiro atoms. The highest BCUT2D eigenvalue weighted by molar-refractivity contribution is 5.79. The van der Waals surface area contributed by atoms with Crippen LogP contribution in [0.25, 0.3) is 11.1 Å². The van der Waals surface area contributed by atoms with Crippen LogP contribution in [0.3, 0.4) is 0 Å². The van der Waals surface area contributed by atoms with Crippen molar-refractivity contribution in [2.24, 2.45) is 0 Å². The fraction of sp³-hybridized carbons (Fsp3) is 0.382. The van der Waals surface area contributed by atoms with Gasteiger partial charge in [0.15, 0.2) is 5.82 Å². The van der Waals surface area contributed by atoms with Crippen molar-refractivity contribution >= 4 is 6.09 Å². The maximum absolute atomic E-state index is 13.0. The number of rotatable bonds is 8. The molecule has 2 aliphatic heterocycles. The Morgan fingerprint density at radius 2 is 1.60 bits per heavy atom. The van der Waals surface area contributed by atoms with Crippen molar-refractivity contribution in [2.75, 3.05) is 26.2 Å². The standard InChI is InChI=1S/C34H37N5O4/c40-34(41-22-30-28-12-6-4-10-26(28)27-11-5-7-13-29(27)30)39-18-16-24(17-19-39)33-36-32(38-43-33)31-15-14-25(20-35-31)37-42-21-23-8-2-1-3-9-23/h1-13,24-25,30-31,35,37H,14-22H2/t25-,31+/m1/s1. The molecular weight excluding hydrogens is 542 g/mol. The van der Waals surface area contributed by atoms with Crippen LogP contribution in [-0.4, -0.2) is 53.4 Å². The van der Waals surface area contributed by atoms with E-state index in [1.165, 1.54) is 22.3 Å². The van der Waals surface area contributed by atoms with Crippen molar-refractivity contribution in [3.05, 3.63) is 107 Å². The van der Waals surface area contributed by atoms with E-state index in [1.54, 1.807) is 4.90 Å². The van der Waals surface area contributed by atoms with Crippen LogP contribution in [0, 0.1) is 0 Å². The number of piperidine rings is 2. The van der Waals surface area contributed by atoms with Crippen LogP contribution >= 0.6 is 0 Å². The highest BCUT2D eigenvalue weighted by atomic mass is 16.6. The summed E-state index contributed by atoms with van der Waals surface area (Å²) < 4.78 is 11.6. The van der Waals surface area contributed by atoms with E-state index in [0.717, 1.165) is 37.8 Å². The summed E-state index contributed by atoms with van der Waals surface area (Å²) in [4.78, 5) is 25.3.